The van der Waals surface area contributed by atoms with Crippen LogP contribution in [-0.2, 0) is 19.6 Å². The number of hydrogen-bond acceptors (Lipinski definition) is 5. The van der Waals surface area contributed by atoms with Crippen molar-refractivity contribution in [3.05, 3.63) is 59.9 Å². The fourth-order valence-electron chi connectivity index (χ4n) is 2.51. The average Bonchev–Trinajstić information content (AvgIpc) is 2.65. The molecule has 28 heavy (non-hydrogen) atoms. The molecule has 1 amide bonds. The summed E-state index contributed by atoms with van der Waals surface area (Å²) in [6.07, 6.45) is 1.42. The summed E-state index contributed by atoms with van der Waals surface area (Å²) in [7, 11) is -2.29. The van der Waals surface area contributed by atoms with Gasteiger partial charge in [0.15, 0.2) is 0 Å². The Morgan fingerprint density at radius 3 is 2.21 bits per heavy atom. The van der Waals surface area contributed by atoms with Gasteiger partial charge in [-0.05, 0) is 55.0 Å². The number of nitrogens with zero attached hydrogens (tertiary/aromatic N) is 1. The monoisotopic (exact) mass is 408 g/mol. The smallest absolute Gasteiger partial charge is 0.337 e. The number of anilines is 2. The summed E-state index contributed by atoms with van der Waals surface area (Å²) in [6.45, 7) is 0.0825. The molecule has 2 rings (SSSR count). The molecular formula is C19H21FN2O5S. The van der Waals surface area contributed by atoms with Crippen LogP contribution in [0.4, 0.5) is 15.8 Å². The van der Waals surface area contributed by atoms with Crippen LogP contribution < -0.4 is 9.62 Å². The van der Waals surface area contributed by atoms with Crippen LogP contribution in [0.15, 0.2) is 48.5 Å². The lowest BCUT2D eigenvalue weighted by Gasteiger charge is -2.22. The van der Waals surface area contributed by atoms with Crippen molar-refractivity contribution in [1.82, 2.24) is 0 Å². The van der Waals surface area contributed by atoms with E-state index in [1.54, 1.807) is 12.1 Å². The third-order valence-electron chi connectivity index (χ3n) is 3.87. The fourth-order valence-corrected chi connectivity index (χ4v) is 3.47. The maximum Gasteiger partial charge on any atom is 0.337 e. The lowest BCUT2D eigenvalue weighted by Crippen LogP contribution is -2.31. The Balaban J connectivity index is 1.92. The number of carbonyl (C=O) groups is 2. The summed E-state index contributed by atoms with van der Waals surface area (Å²) in [4.78, 5) is 23.5. The molecule has 1 N–H and O–H groups in total. The lowest BCUT2D eigenvalue weighted by molar-refractivity contribution is -0.116. The third kappa shape index (κ3) is 6.05. The average molecular weight is 408 g/mol. The van der Waals surface area contributed by atoms with E-state index in [2.05, 4.69) is 10.1 Å². The Hall–Kier alpha value is -2.94. The molecule has 0 unspecified atom stereocenters. The summed E-state index contributed by atoms with van der Waals surface area (Å²) in [6, 6.07) is 11.3. The highest BCUT2D eigenvalue weighted by molar-refractivity contribution is 7.92. The first-order valence-corrected chi connectivity index (χ1v) is 10.3. The standard InChI is InChI=1S/C19H21FN2O5S/c1-27-19(24)14-5-9-16(10-6-14)21-18(23)4-3-13-22(28(2,25)26)17-11-7-15(20)8-12-17/h5-12H,3-4,13H2,1-2H3,(H,21,23). The minimum atomic E-state index is -3.57. The SMILES string of the molecule is COC(=O)c1ccc(NC(=O)CCCN(c2ccc(F)cc2)S(C)(=O)=O)cc1. The Bertz CT molecular complexity index is 928. The summed E-state index contributed by atoms with van der Waals surface area (Å²) >= 11 is 0. The molecule has 0 aliphatic carbocycles. The minimum absolute atomic E-state index is 0.0825. The maximum absolute atomic E-state index is 13.1. The molecule has 0 aromatic heterocycles. The van der Waals surface area contributed by atoms with Gasteiger partial charge in [0.1, 0.15) is 5.82 Å². The van der Waals surface area contributed by atoms with Crippen LogP contribution in [0.3, 0.4) is 0 Å². The van der Waals surface area contributed by atoms with Crippen LogP contribution in [0.1, 0.15) is 23.2 Å². The van der Waals surface area contributed by atoms with Crippen molar-refractivity contribution in [3.63, 3.8) is 0 Å². The number of ether oxygens (including phenoxy) is 1. The van der Waals surface area contributed by atoms with E-state index in [0.717, 1.165) is 10.6 Å². The minimum Gasteiger partial charge on any atom is -0.465 e. The maximum atomic E-state index is 13.1. The zero-order valence-electron chi connectivity index (χ0n) is 15.5. The summed E-state index contributed by atoms with van der Waals surface area (Å²) in [5.74, 6) is -1.23. The Kier molecular flexibility index (Phi) is 7.11. The molecule has 150 valence electrons. The topological polar surface area (TPSA) is 92.8 Å². The molecule has 0 fully saturated rings. The molecule has 0 saturated carbocycles. The molecule has 0 spiro atoms. The van der Waals surface area contributed by atoms with Gasteiger partial charge in [0.2, 0.25) is 15.9 Å². The Morgan fingerprint density at radius 1 is 1.07 bits per heavy atom. The van der Waals surface area contributed by atoms with Crippen molar-refractivity contribution >= 4 is 33.3 Å². The van der Waals surface area contributed by atoms with Crippen molar-refractivity contribution in [2.75, 3.05) is 29.5 Å². The summed E-state index contributed by atoms with van der Waals surface area (Å²) in [5, 5.41) is 2.68. The Labute approximate surface area is 163 Å². The largest absolute Gasteiger partial charge is 0.465 e. The normalized spacial score (nSPS) is 11.0. The summed E-state index contributed by atoms with van der Waals surface area (Å²) in [5.41, 5.74) is 1.21. The van der Waals surface area contributed by atoms with Gasteiger partial charge in [0.05, 0.1) is 24.6 Å². The number of esters is 1. The van der Waals surface area contributed by atoms with Crippen LogP contribution in [0.2, 0.25) is 0 Å². The molecule has 0 heterocycles. The van der Waals surface area contributed by atoms with Crippen molar-refractivity contribution < 1.29 is 27.1 Å². The van der Waals surface area contributed by atoms with Gasteiger partial charge in [0.25, 0.3) is 0 Å². The third-order valence-corrected chi connectivity index (χ3v) is 5.06. The first-order chi connectivity index (χ1) is 13.2. The molecule has 7 nitrogen and oxygen atoms in total. The number of sulfonamides is 1. The van der Waals surface area contributed by atoms with Gasteiger partial charge < -0.3 is 10.1 Å². The molecule has 2 aromatic carbocycles. The predicted molar refractivity (Wildman–Crippen MR) is 104 cm³/mol. The van der Waals surface area contributed by atoms with E-state index < -0.39 is 21.8 Å². The first kappa shape index (κ1) is 21.4. The highest BCUT2D eigenvalue weighted by Gasteiger charge is 2.17. The highest BCUT2D eigenvalue weighted by atomic mass is 32.2. The molecule has 2 aromatic rings. The number of nitrogens with one attached hydrogen (secondary N) is 1. The number of hydrogen-bond donors (Lipinski definition) is 1. The van der Waals surface area contributed by atoms with Gasteiger partial charge in [-0.1, -0.05) is 0 Å². The quantitative estimate of drug-likeness (QED) is 0.678. The van der Waals surface area contributed by atoms with E-state index in [-0.39, 0.29) is 25.3 Å². The summed E-state index contributed by atoms with van der Waals surface area (Å²) < 4.78 is 42.8. The van der Waals surface area contributed by atoms with E-state index in [0.29, 0.717) is 16.9 Å². The van der Waals surface area contributed by atoms with E-state index in [4.69, 9.17) is 0 Å². The second-order valence-electron chi connectivity index (χ2n) is 6.03. The molecule has 0 atom stereocenters. The first-order valence-electron chi connectivity index (χ1n) is 8.42. The van der Waals surface area contributed by atoms with Crippen molar-refractivity contribution in [2.24, 2.45) is 0 Å². The Morgan fingerprint density at radius 2 is 1.68 bits per heavy atom. The van der Waals surface area contributed by atoms with Crippen LogP contribution in [0, 0.1) is 5.82 Å². The van der Waals surface area contributed by atoms with Crippen LogP contribution in [0.5, 0.6) is 0 Å². The number of benzene rings is 2. The molecule has 0 bridgehead atoms. The van der Waals surface area contributed by atoms with Crippen molar-refractivity contribution in [2.45, 2.75) is 12.8 Å². The second kappa shape index (κ2) is 9.32. The zero-order chi connectivity index (χ0) is 20.7. The van der Waals surface area contributed by atoms with Crippen LogP contribution >= 0.6 is 0 Å². The van der Waals surface area contributed by atoms with Gasteiger partial charge in [0, 0.05) is 18.7 Å². The number of methoxy groups -OCH3 is 1. The molecule has 0 aliphatic rings. The number of rotatable bonds is 8. The fraction of sp³-hybridized carbons (Fsp3) is 0.263. The molecular weight excluding hydrogens is 387 g/mol. The van der Waals surface area contributed by atoms with E-state index in [9.17, 15) is 22.4 Å². The van der Waals surface area contributed by atoms with Crippen LogP contribution in [-0.4, -0.2) is 40.2 Å². The number of carbonyl (C=O) groups excluding carboxylic acids is 2. The van der Waals surface area contributed by atoms with Crippen molar-refractivity contribution in [1.29, 1.82) is 0 Å². The van der Waals surface area contributed by atoms with Gasteiger partial charge in [-0.15, -0.1) is 0 Å². The van der Waals surface area contributed by atoms with Crippen LogP contribution in [0.25, 0.3) is 0 Å². The molecule has 0 aliphatic heterocycles. The van der Waals surface area contributed by atoms with Crippen molar-refractivity contribution in [3.8, 4) is 0 Å². The lowest BCUT2D eigenvalue weighted by atomic mass is 10.2. The number of amides is 1. The van der Waals surface area contributed by atoms with Gasteiger partial charge >= 0.3 is 5.97 Å². The number of halogens is 1. The van der Waals surface area contributed by atoms with E-state index in [1.807, 2.05) is 0 Å². The molecule has 0 radical (unpaired) electrons. The molecule has 0 saturated heterocycles. The second-order valence-corrected chi connectivity index (χ2v) is 7.94. The predicted octanol–water partition coefficient (Wildman–Crippen LogP) is 2.80. The van der Waals surface area contributed by atoms with Gasteiger partial charge in [-0.25, -0.2) is 17.6 Å². The van der Waals surface area contributed by atoms with Gasteiger partial charge in [-0.3, -0.25) is 9.10 Å². The van der Waals surface area contributed by atoms with E-state index in [1.165, 1.54) is 43.5 Å². The molecule has 9 heteroatoms. The highest BCUT2D eigenvalue weighted by Crippen LogP contribution is 2.19. The van der Waals surface area contributed by atoms with E-state index >= 15 is 0 Å². The zero-order valence-corrected chi connectivity index (χ0v) is 16.3. The van der Waals surface area contributed by atoms with Gasteiger partial charge in [-0.2, -0.15) is 0 Å².